The maximum absolute atomic E-state index is 11.7. The molecule has 4 heteroatoms. The second kappa shape index (κ2) is 7.12. The number of likely N-dealkylation sites (N-methyl/N-ethyl adjacent to an activating group) is 1. The predicted molar refractivity (Wildman–Crippen MR) is 66.3 cm³/mol. The lowest BCUT2D eigenvalue weighted by Crippen LogP contribution is -2.43. The summed E-state index contributed by atoms with van der Waals surface area (Å²) >= 11 is 1.99. The van der Waals surface area contributed by atoms with Gasteiger partial charge in [-0.15, -0.1) is 0 Å². The third-order valence-electron chi connectivity index (χ3n) is 2.82. The molecule has 1 amide bonds. The molecule has 0 aromatic rings. The smallest absolute Gasteiger partial charge is 0.236 e. The third kappa shape index (κ3) is 4.43. The van der Waals surface area contributed by atoms with Crippen molar-refractivity contribution in [1.82, 2.24) is 10.2 Å². The number of carbonyl (C=O) groups excluding carboxylic acids is 1. The van der Waals surface area contributed by atoms with Crippen LogP contribution in [0.25, 0.3) is 0 Å². The minimum Gasteiger partial charge on any atom is -0.342 e. The number of carbonyl (C=O) groups is 1. The highest BCUT2D eigenvalue weighted by Gasteiger charge is 2.15. The monoisotopic (exact) mass is 230 g/mol. The second-order valence-corrected chi connectivity index (χ2v) is 5.01. The van der Waals surface area contributed by atoms with E-state index in [1.807, 2.05) is 30.5 Å². The molecule has 1 aliphatic rings. The summed E-state index contributed by atoms with van der Waals surface area (Å²) in [5.74, 6) is 2.67. The van der Waals surface area contributed by atoms with Crippen molar-refractivity contribution < 1.29 is 4.79 Å². The molecule has 0 saturated carbocycles. The van der Waals surface area contributed by atoms with Crippen LogP contribution in [0.3, 0.4) is 0 Å². The van der Waals surface area contributed by atoms with Crippen LogP contribution < -0.4 is 5.32 Å². The van der Waals surface area contributed by atoms with E-state index in [0.29, 0.717) is 12.6 Å². The van der Waals surface area contributed by atoms with Gasteiger partial charge in [0.05, 0.1) is 6.54 Å². The number of amides is 1. The summed E-state index contributed by atoms with van der Waals surface area (Å²) in [5, 5.41) is 3.36. The Kier molecular flexibility index (Phi) is 6.10. The Bertz CT molecular complexity index is 189. The summed E-state index contributed by atoms with van der Waals surface area (Å²) in [5.41, 5.74) is 0. The molecule has 88 valence electrons. The lowest BCUT2D eigenvalue weighted by atomic mass is 10.2. The third-order valence-corrected chi connectivity index (χ3v) is 4.03. The van der Waals surface area contributed by atoms with Gasteiger partial charge in [0.2, 0.25) is 5.91 Å². The molecule has 0 radical (unpaired) electrons. The molecule has 1 fully saturated rings. The van der Waals surface area contributed by atoms with Gasteiger partial charge >= 0.3 is 0 Å². The molecule has 0 bridgehead atoms. The molecule has 0 aliphatic carbocycles. The molecule has 3 nitrogen and oxygen atoms in total. The molecule has 1 rings (SSSR count). The summed E-state index contributed by atoms with van der Waals surface area (Å²) in [7, 11) is 0. The number of rotatable bonds is 5. The molecule has 0 aromatic heterocycles. The van der Waals surface area contributed by atoms with Crippen molar-refractivity contribution in [2.45, 2.75) is 32.7 Å². The highest BCUT2D eigenvalue weighted by molar-refractivity contribution is 7.99. The van der Waals surface area contributed by atoms with E-state index in [4.69, 9.17) is 0 Å². The lowest BCUT2D eigenvalue weighted by Gasteiger charge is -2.24. The number of hydrogen-bond donors (Lipinski definition) is 1. The summed E-state index contributed by atoms with van der Waals surface area (Å²) in [6.07, 6.45) is 2.50. The van der Waals surface area contributed by atoms with E-state index in [1.54, 1.807) is 0 Å². The van der Waals surface area contributed by atoms with Crippen LogP contribution in [0.15, 0.2) is 0 Å². The van der Waals surface area contributed by atoms with Crippen LogP contribution in [-0.2, 0) is 4.79 Å². The van der Waals surface area contributed by atoms with Gasteiger partial charge < -0.3 is 10.2 Å². The highest BCUT2D eigenvalue weighted by Crippen LogP contribution is 2.16. The average molecular weight is 230 g/mol. The van der Waals surface area contributed by atoms with E-state index in [0.717, 1.165) is 18.8 Å². The van der Waals surface area contributed by atoms with Crippen LogP contribution in [0.4, 0.5) is 0 Å². The fraction of sp³-hybridized carbons (Fsp3) is 0.909. The Hall–Kier alpha value is -0.220. The Labute approximate surface area is 97.0 Å². The van der Waals surface area contributed by atoms with Crippen molar-refractivity contribution >= 4 is 17.7 Å². The van der Waals surface area contributed by atoms with Crippen molar-refractivity contribution in [3.63, 3.8) is 0 Å². The molecular formula is C11H22N2OS. The average Bonchev–Trinajstić information content (AvgIpc) is 2.29. The van der Waals surface area contributed by atoms with E-state index < -0.39 is 0 Å². The Morgan fingerprint density at radius 3 is 2.73 bits per heavy atom. The zero-order valence-corrected chi connectivity index (χ0v) is 10.6. The van der Waals surface area contributed by atoms with Gasteiger partial charge in [0, 0.05) is 24.9 Å². The first-order valence-corrected chi connectivity index (χ1v) is 7.02. The largest absolute Gasteiger partial charge is 0.342 e. The molecule has 1 N–H and O–H groups in total. The normalized spacial score (nSPS) is 21.3. The van der Waals surface area contributed by atoms with Gasteiger partial charge in [0.1, 0.15) is 0 Å². The van der Waals surface area contributed by atoms with Gasteiger partial charge in [-0.25, -0.2) is 0 Å². The van der Waals surface area contributed by atoms with E-state index in [1.165, 1.54) is 18.6 Å². The van der Waals surface area contributed by atoms with Crippen LogP contribution in [-0.4, -0.2) is 48.0 Å². The van der Waals surface area contributed by atoms with Crippen LogP contribution in [0.2, 0.25) is 0 Å². The van der Waals surface area contributed by atoms with Gasteiger partial charge in [-0.2, -0.15) is 11.8 Å². The fourth-order valence-electron chi connectivity index (χ4n) is 1.82. The van der Waals surface area contributed by atoms with Crippen molar-refractivity contribution in [3.05, 3.63) is 0 Å². The molecule has 0 aromatic carbocycles. The summed E-state index contributed by atoms with van der Waals surface area (Å²) in [6.45, 7) is 6.19. The summed E-state index contributed by atoms with van der Waals surface area (Å²) < 4.78 is 0. The SMILES string of the molecule is CCN(CC)C(=O)CNC1CCCSC1. The van der Waals surface area contributed by atoms with Gasteiger partial charge in [0.15, 0.2) is 0 Å². The standard InChI is InChI=1S/C11H22N2OS/c1-3-13(4-2)11(14)8-12-10-6-5-7-15-9-10/h10,12H,3-9H2,1-2H3. The summed E-state index contributed by atoms with van der Waals surface area (Å²) in [6, 6.07) is 0.545. The Balaban J connectivity index is 2.20. The maximum Gasteiger partial charge on any atom is 0.236 e. The van der Waals surface area contributed by atoms with Crippen molar-refractivity contribution in [1.29, 1.82) is 0 Å². The molecule has 1 unspecified atom stereocenters. The number of nitrogens with one attached hydrogen (secondary N) is 1. The van der Waals surface area contributed by atoms with E-state index in [2.05, 4.69) is 5.32 Å². The summed E-state index contributed by atoms with van der Waals surface area (Å²) in [4.78, 5) is 13.6. The van der Waals surface area contributed by atoms with Crippen LogP contribution in [0, 0.1) is 0 Å². The molecular weight excluding hydrogens is 208 g/mol. The molecule has 1 atom stereocenters. The van der Waals surface area contributed by atoms with Crippen molar-refractivity contribution in [2.24, 2.45) is 0 Å². The highest BCUT2D eigenvalue weighted by atomic mass is 32.2. The van der Waals surface area contributed by atoms with Gasteiger partial charge in [-0.3, -0.25) is 4.79 Å². The van der Waals surface area contributed by atoms with Crippen LogP contribution in [0.1, 0.15) is 26.7 Å². The predicted octanol–water partition coefficient (Wildman–Crippen LogP) is 1.34. The van der Waals surface area contributed by atoms with Gasteiger partial charge in [0.25, 0.3) is 0 Å². The molecule has 0 spiro atoms. The van der Waals surface area contributed by atoms with E-state index in [-0.39, 0.29) is 5.91 Å². The van der Waals surface area contributed by atoms with Crippen LogP contribution in [0.5, 0.6) is 0 Å². The number of thioether (sulfide) groups is 1. The molecule has 1 heterocycles. The minimum atomic E-state index is 0.232. The first kappa shape index (κ1) is 12.8. The lowest BCUT2D eigenvalue weighted by molar-refractivity contribution is -0.129. The topological polar surface area (TPSA) is 32.3 Å². The second-order valence-electron chi connectivity index (χ2n) is 3.86. The Morgan fingerprint density at radius 1 is 1.47 bits per heavy atom. The number of nitrogens with zero attached hydrogens (tertiary/aromatic N) is 1. The van der Waals surface area contributed by atoms with Gasteiger partial charge in [-0.1, -0.05) is 0 Å². The zero-order valence-electron chi connectivity index (χ0n) is 9.79. The quantitative estimate of drug-likeness (QED) is 0.773. The number of hydrogen-bond acceptors (Lipinski definition) is 3. The minimum absolute atomic E-state index is 0.232. The first-order valence-electron chi connectivity index (χ1n) is 5.86. The van der Waals surface area contributed by atoms with E-state index in [9.17, 15) is 4.79 Å². The Morgan fingerprint density at radius 2 is 2.20 bits per heavy atom. The maximum atomic E-state index is 11.7. The molecule has 15 heavy (non-hydrogen) atoms. The van der Waals surface area contributed by atoms with Crippen molar-refractivity contribution in [2.75, 3.05) is 31.1 Å². The zero-order chi connectivity index (χ0) is 11.1. The van der Waals surface area contributed by atoms with Crippen LogP contribution >= 0.6 is 11.8 Å². The molecule has 1 saturated heterocycles. The molecule has 1 aliphatic heterocycles. The van der Waals surface area contributed by atoms with E-state index >= 15 is 0 Å². The van der Waals surface area contributed by atoms with Crippen molar-refractivity contribution in [3.8, 4) is 0 Å². The fourth-order valence-corrected chi connectivity index (χ4v) is 2.93. The van der Waals surface area contributed by atoms with Gasteiger partial charge in [-0.05, 0) is 32.4 Å². The first-order chi connectivity index (χ1) is 7.27.